The molecular weight excluding hydrogens is 246 g/mol. The van der Waals surface area contributed by atoms with Gasteiger partial charge in [-0.2, -0.15) is 0 Å². The Labute approximate surface area is 114 Å². The number of Topliss-reactive ketones (excluding diaryl/α,β-unsaturated/α-hetero) is 1. The van der Waals surface area contributed by atoms with Crippen molar-refractivity contribution in [2.45, 2.75) is 51.6 Å². The van der Waals surface area contributed by atoms with Gasteiger partial charge in [0, 0.05) is 31.5 Å². The highest BCUT2D eigenvalue weighted by atomic mass is 16.5. The maximum Gasteiger partial charge on any atom is 0.323 e. The number of aliphatic hydroxyl groups excluding tert-OH is 1. The molecule has 0 aliphatic carbocycles. The van der Waals surface area contributed by atoms with Crippen LogP contribution in [0.1, 0.15) is 40.0 Å². The molecule has 1 fully saturated rings. The van der Waals surface area contributed by atoms with Gasteiger partial charge in [0.15, 0.2) is 0 Å². The summed E-state index contributed by atoms with van der Waals surface area (Å²) >= 11 is 0. The number of carbonyl (C=O) groups is 2. The maximum absolute atomic E-state index is 11.8. The van der Waals surface area contributed by atoms with Crippen molar-refractivity contribution in [3.05, 3.63) is 0 Å². The third-order valence-corrected chi connectivity index (χ3v) is 3.63. The molecule has 5 heteroatoms. The summed E-state index contributed by atoms with van der Waals surface area (Å²) in [6.45, 7) is 6.79. The van der Waals surface area contributed by atoms with Crippen molar-refractivity contribution in [3.63, 3.8) is 0 Å². The van der Waals surface area contributed by atoms with Crippen LogP contribution in [0, 0.1) is 5.92 Å². The summed E-state index contributed by atoms with van der Waals surface area (Å²) in [5.41, 5.74) is -0.131. The Balaban J connectivity index is 2.71. The number of rotatable bonds is 5. The molecular formula is C14H25NO4. The number of likely N-dealkylation sites (tertiary alicyclic amines) is 1. The molecule has 0 amide bonds. The van der Waals surface area contributed by atoms with Crippen LogP contribution in [0.4, 0.5) is 0 Å². The summed E-state index contributed by atoms with van der Waals surface area (Å²) in [6, 6.07) is -0.267. The van der Waals surface area contributed by atoms with Crippen LogP contribution in [0.15, 0.2) is 0 Å². The highest BCUT2D eigenvalue weighted by Gasteiger charge is 2.42. The van der Waals surface area contributed by atoms with E-state index in [4.69, 9.17) is 9.84 Å². The van der Waals surface area contributed by atoms with Gasteiger partial charge in [0.05, 0.1) is 7.11 Å². The molecule has 1 aliphatic heterocycles. The molecule has 1 aliphatic rings. The van der Waals surface area contributed by atoms with E-state index in [1.54, 1.807) is 0 Å². The van der Waals surface area contributed by atoms with Crippen LogP contribution in [-0.4, -0.2) is 53.6 Å². The van der Waals surface area contributed by atoms with Crippen molar-refractivity contribution in [2.24, 2.45) is 5.92 Å². The average Bonchev–Trinajstić information content (AvgIpc) is 2.72. The smallest absolute Gasteiger partial charge is 0.323 e. The van der Waals surface area contributed by atoms with Gasteiger partial charge in [0.2, 0.25) is 0 Å². The van der Waals surface area contributed by atoms with E-state index in [1.165, 1.54) is 7.11 Å². The number of ether oxygens (including phenoxy) is 1. The fraction of sp³-hybridized carbons (Fsp3) is 0.857. The Morgan fingerprint density at radius 1 is 1.37 bits per heavy atom. The summed E-state index contributed by atoms with van der Waals surface area (Å²) in [5, 5.41) is 8.76. The highest BCUT2D eigenvalue weighted by Crippen LogP contribution is 2.32. The standard InChI is InChI=1S/C14H25NO4/c1-14(2,3)15-9-10(7-11(17)5-6-16)8-12(15)13(18)19-4/h10,12,16H,5-9H2,1-4H3/t10-,12?/m1/s1. The Morgan fingerprint density at radius 2 is 2.00 bits per heavy atom. The van der Waals surface area contributed by atoms with Crippen LogP contribution in [0.25, 0.3) is 0 Å². The molecule has 5 nitrogen and oxygen atoms in total. The summed E-state index contributed by atoms with van der Waals surface area (Å²) in [5.74, 6) is 0.00119. The van der Waals surface area contributed by atoms with Crippen LogP contribution in [0.3, 0.4) is 0 Å². The van der Waals surface area contributed by atoms with Crippen molar-refractivity contribution >= 4 is 11.8 Å². The van der Waals surface area contributed by atoms with Crippen LogP contribution < -0.4 is 0 Å². The average molecular weight is 271 g/mol. The molecule has 0 aromatic rings. The molecule has 1 heterocycles. The lowest BCUT2D eigenvalue weighted by molar-refractivity contribution is -0.147. The van der Waals surface area contributed by atoms with Crippen LogP contribution in [0.5, 0.6) is 0 Å². The number of nitrogens with zero attached hydrogens (tertiary/aromatic N) is 1. The van der Waals surface area contributed by atoms with Crippen LogP contribution >= 0.6 is 0 Å². The van der Waals surface area contributed by atoms with Gasteiger partial charge in [0.1, 0.15) is 11.8 Å². The molecule has 0 spiro atoms. The number of methoxy groups -OCH3 is 1. The zero-order valence-corrected chi connectivity index (χ0v) is 12.3. The maximum atomic E-state index is 11.8. The van der Waals surface area contributed by atoms with Crippen molar-refractivity contribution in [1.82, 2.24) is 4.90 Å². The molecule has 1 N–H and O–H groups in total. The molecule has 0 aromatic carbocycles. The van der Waals surface area contributed by atoms with Gasteiger partial charge < -0.3 is 9.84 Å². The molecule has 19 heavy (non-hydrogen) atoms. The van der Waals surface area contributed by atoms with Crippen molar-refractivity contribution < 1.29 is 19.4 Å². The normalized spacial score (nSPS) is 24.5. The lowest BCUT2D eigenvalue weighted by atomic mass is 9.98. The molecule has 1 unspecified atom stereocenters. The molecule has 0 bridgehead atoms. The molecule has 0 saturated carbocycles. The quantitative estimate of drug-likeness (QED) is 0.755. The Bertz CT molecular complexity index is 335. The topological polar surface area (TPSA) is 66.8 Å². The summed E-state index contributed by atoms with van der Waals surface area (Å²) < 4.78 is 4.85. The molecule has 1 rings (SSSR count). The van der Waals surface area contributed by atoms with Gasteiger partial charge in [-0.25, -0.2) is 0 Å². The number of aliphatic hydroxyl groups is 1. The van der Waals surface area contributed by atoms with E-state index in [2.05, 4.69) is 25.7 Å². The number of esters is 1. The number of carbonyl (C=O) groups excluding carboxylic acids is 2. The Hall–Kier alpha value is -0.940. The minimum atomic E-state index is -0.267. The van der Waals surface area contributed by atoms with Gasteiger partial charge >= 0.3 is 5.97 Å². The first kappa shape index (κ1) is 16.1. The first-order valence-electron chi connectivity index (χ1n) is 6.76. The van der Waals surface area contributed by atoms with E-state index in [0.29, 0.717) is 12.8 Å². The molecule has 0 aromatic heterocycles. The zero-order chi connectivity index (χ0) is 14.6. The monoisotopic (exact) mass is 271 g/mol. The van der Waals surface area contributed by atoms with E-state index in [-0.39, 0.29) is 42.3 Å². The first-order chi connectivity index (χ1) is 8.79. The van der Waals surface area contributed by atoms with Gasteiger partial charge in [0.25, 0.3) is 0 Å². The number of hydrogen-bond acceptors (Lipinski definition) is 5. The number of hydrogen-bond donors (Lipinski definition) is 1. The SMILES string of the molecule is COC(=O)C1C[C@@H](CC(=O)CCO)CN1C(C)(C)C. The Kier molecular flexibility index (Phi) is 5.50. The highest BCUT2D eigenvalue weighted by molar-refractivity contribution is 5.79. The predicted octanol–water partition coefficient (Wildman–Crippen LogP) is 0.990. The second-order valence-electron chi connectivity index (χ2n) is 6.18. The lowest BCUT2D eigenvalue weighted by Crippen LogP contribution is -2.48. The molecule has 110 valence electrons. The van der Waals surface area contributed by atoms with Crippen molar-refractivity contribution in [1.29, 1.82) is 0 Å². The molecule has 0 radical (unpaired) electrons. The molecule has 2 atom stereocenters. The summed E-state index contributed by atoms with van der Waals surface area (Å²) in [6.07, 6.45) is 1.29. The number of ketones is 1. The zero-order valence-electron chi connectivity index (χ0n) is 12.3. The summed E-state index contributed by atoms with van der Waals surface area (Å²) in [7, 11) is 1.40. The van der Waals surface area contributed by atoms with E-state index < -0.39 is 0 Å². The van der Waals surface area contributed by atoms with Gasteiger partial charge in [-0.15, -0.1) is 0 Å². The van der Waals surface area contributed by atoms with E-state index in [9.17, 15) is 9.59 Å². The van der Waals surface area contributed by atoms with E-state index in [1.807, 2.05) is 0 Å². The van der Waals surface area contributed by atoms with Gasteiger partial charge in [-0.1, -0.05) is 0 Å². The fourth-order valence-corrected chi connectivity index (χ4v) is 2.72. The van der Waals surface area contributed by atoms with Crippen LogP contribution in [-0.2, 0) is 14.3 Å². The Morgan fingerprint density at radius 3 is 2.47 bits per heavy atom. The van der Waals surface area contributed by atoms with Crippen LogP contribution in [0.2, 0.25) is 0 Å². The van der Waals surface area contributed by atoms with Crippen molar-refractivity contribution in [2.75, 3.05) is 20.3 Å². The second-order valence-corrected chi connectivity index (χ2v) is 6.18. The first-order valence-corrected chi connectivity index (χ1v) is 6.76. The van der Waals surface area contributed by atoms with Gasteiger partial charge in [-0.05, 0) is 33.1 Å². The minimum Gasteiger partial charge on any atom is -0.468 e. The summed E-state index contributed by atoms with van der Waals surface area (Å²) in [4.78, 5) is 25.6. The largest absolute Gasteiger partial charge is 0.468 e. The third kappa shape index (κ3) is 4.28. The lowest BCUT2D eigenvalue weighted by Gasteiger charge is -2.35. The van der Waals surface area contributed by atoms with Crippen molar-refractivity contribution in [3.8, 4) is 0 Å². The van der Waals surface area contributed by atoms with Gasteiger partial charge in [-0.3, -0.25) is 14.5 Å². The minimum absolute atomic E-state index is 0.0619. The third-order valence-electron chi connectivity index (χ3n) is 3.63. The molecule has 1 saturated heterocycles. The second kappa shape index (κ2) is 6.48. The fourth-order valence-electron chi connectivity index (χ4n) is 2.72. The van der Waals surface area contributed by atoms with E-state index >= 15 is 0 Å². The van der Waals surface area contributed by atoms with E-state index in [0.717, 1.165) is 6.54 Å². The predicted molar refractivity (Wildman–Crippen MR) is 71.7 cm³/mol.